The molecular formula is C12H8ClF3N2O2. The molecule has 106 valence electrons. The van der Waals surface area contributed by atoms with Crippen molar-refractivity contribution < 1.29 is 22.6 Å². The standard InChI is InChI=1S/C12H8ClF3N2O2/c1-19-7-3-2-4-8(5-7)20-10-6-9(12(14,15)16)17-11(13)18-10/h2-6H,1H3. The summed E-state index contributed by atoms with van der Waals surface area (Å²) in [6.07, 6.45) is -4.63. The zero-order valence-corrected chi connectivity index (χ0v) is 10.9. The van der Waals surface area contributed by atoms with Crippen molar-refractivity contribution in [2.24, 2.45) is 0 Å². The first kappa shape index (κ1) is 14.4. The second-order valence-electron chi connectivity index (χ2n) is 3.64. The van der Waals surface area contributed by atoms with E-state index in [1.54, 1.807) is 18.2 Å². The first-order chi connectivity index (χ1) is 9.38. The molecule has 0 amide bonds. The Morgan fingerprint density at radius 2 is 1.80 bits per heavy atom. The molecule has 1 aromatic heterocycles. The number of rotatable bonds is 3. The summed E-state index contributed by atoms with van der Waals surface area (Å²) in [7, 11) is 1.46. The number of alkyl halides is 3. The van der Waals surface area contributed by atoms with Crippen molar-refractivity contribution in [3.63, 3.8) is 0 Å². The van der Waals surface area contributed by atoms with Crippen LogP contribution >= 0.6 is 11.6 Å². The Hall–Kier alpha value is -2.02. The summed E-state index contributed by atoms with van der Waals surface area (Å²) in [5, 5.41) is -0.544. The number of hydrogen-bond donors (Lipinski definition) is 0. The van der Waals surface area contributed by atoms with Crippen LogP contribution in [0.2, 0.25) is 5.28 Å². The number of hydrogen-bond acceptors (Lipinski definition) is 4. The Balaban J connectivity index is 2.31. The molecule has 1 aromatic carbocycles. The van der Waals surface area contributed by atoms with Gasteiger partial charge in [0.1, 0.15) is 11.5 Å². The molecule has 0 fully saturated rings. The van der Waals surface area contributed by atoms with E-state index in [1.165, 1.54) is 13.2 Å². The van der Waals surface area contributed by atoms with Crippen LogP contribution in [0.25, 0.3) is 0 Å². The maximum atomic E-state index is 12.6. The van der Waals surface area contributed by atoms with Gasteiger partial charge in [0.25, 0.3) is 0 Å². The van der Waals surface area contributed by atoms with Crippen molar-refractivity contribution in [3.8, 4) is 17.4 Å². The molecule has 20 heavy (non-hydrogen) atoms. The summed E-state index contributed by atoms with van der Waals surface area (Å²) in [4.78, 5) is 6.69. The third-order valence-corrected chi connectivity index (χ3v) is 2.40. The minimum Gasteiger partial charge on any atom is -0.497 e. The Bertz CT molecular complexity index is 620. The second-order valence-corrected chi connectivity index (χ2v) is 3.98. The molecular weight excluding hydrogens is 297 g/mol. The Morgan fingerprint density at radius 3 is 2.45 bits per heavy atom. The smallest absolute Gasteiger partial charge is 0.433 e. The fourth-order valence-electron chi connectivity index (χ4n) is 1.38. The second kappa shape index (κ2) is 5.54. The molecule has 0 aliphatic rings. The van der Waals surface area contributed by atoms with Crippen LogP contribution in [0.1, 0.15) is 5.69 Å². The van der Waals surface area contributed by atoms with Crippen LogP contribution in [-0.4, -0.2) is 17.1 Å². The summed E-state index contributed by atoms with van der Waals surface area (Å²) < 4.78 is 47.9. The van der Waals surface area contributed by atoms with Crippen molar-refractivity contribution in [1.82, 2.24) is 9.97 Å². The van der Waals surface area contributed by atoms with E-state index in [2.05, 4.69) is 9.97 Å². The summed E-state index contributed by atoms with van der Waals surface area (Å²) in [6, 6.07) is 7.02. The van der Waals surface area contributed by atoms with E-state index in [1.807, 2.05) is 0 Å². The average Bonchev–Trinajstić information content (AvgIpc) is 2.37. The number of aromatic nitrogens is 2. The molecule has 8 heteroatoms. The van der Waals surface area contributed by atoms with Crippen molar-refractivity contribution in [2.45, 2.75) is 6.18 Å². The van der Waals surface area contributed by atoms with Crippen molar-refractivity contribution in [2.75, 3.05) is 7.11 Å². The van der Waals surface area contributed by atoms with E-state index in [0.717, 1.165) is 0 Å². The number of ether oxygens (including phenoxy) is 2. The van der Waals surface area contributed by atoms with E-state index >= 15 is 0 Å². The van der Waals surface area contributed by atoms with Gasteiger partial charge >= 0.3 is 6.18 Å². The lowest BCUT2D eigenvalue weighted by molar-refractivity contribution is -0.141. The first-order valence-electron chi connectivity index (χ1n) is 5.32. The van der Waals surface area contributed by atoms with E-state index in [9.17, 15) is 13.2 Å². The van der Waals surface area contributed by atoms with E-state index < -0.39 is 17.2 Å². The molecule has 1 heterocycles. The summed E-state index contributed by atoms with van der Waals surface area (Å²) in [6.45, 7) is 0. The molecule has 2 rings (SSSR count). The van der Waals surface area contributed by atoms with Crippen LogP contribution in [0.5, 0.6) is 17.4 Å². The van der Waals surface area contributed by atoms with Gasteiger partial charge < -0.3 is 9.47 Å². The monoisotopic (exact) mass is 304 g/mol. The minimum absolute atomic E-state index is 0.271. The lowest BCUT2D eigenvalue weighted by Crippen LogP contribution is -2.09. The van der Waals surface area contributed by atoms with Crippen LogP contribution in [0, 0.1) is 0 Å². The summed E-state index contributed by atoms with van der Waals surface area (Å²) >= 11 is 5.45. The Morgan fingerprint density at radius 1 is 1.10 bits per heavy atom. The molecule has 4 nitrogen and oxygen atoms in total. The van der Waals surface area contributed by atoms with E-state index in [-0.39, 0.29) is 11.6 Å². The van der Waals surface area contributed by atoms with Crippen molar-refractivity contribution in [3.05, 3.63) is 41.3 Å². The van der Waals surface area contributed by atoms with Crippen LogP contribution < -0.4 is 9.47 Å². The normalized spacial score (nSPS) is 11.2. The predicted molar refractivity (Wildman–Crippen MR) is 65.1 cm³/mol. The quantitative estimate of drug-likeness (QED) is 0.805. The molecule has 0 saturated carbocycles. The van der Waals surface area contributed by atoms with Gasteiger partial charge in [0.15, 0.2) is 5.69 Å². The molecule has 0 N–H and O–H groups in total. The fraction of sp³-hybridized carbons (Fsp3) is 0.167. The molecule has 0 radical (unpaired) electrons. The van der Waals surface area contributed by atoms with Gasteiger partial charge in [-0.05, 0) is 23.7 Å². The highest BCUT2D eigenvalue weighted by Gasteiger charge is 2.34. The highest BCUT2D eigenvalue weighted by atomic mass is 35.5. The van der Waals surface area contributed by atoms with Crippen LogP contribution in [-0.2, 0) is 6.18 Å². The Labute approximate surface area is 117 Å². The van der Waals surface area contributed by atoms with Crippen molar-refractivity contribution in [1.29, 1.82) is 0 Å². The largest absolute Gasteiger partial charge is 0.497 e. The maximum absolute atomic E-state index is 12.6. The SMILES string of the molecule is COc1cccc(Oc2cc(C(F)(F)F)nc(Cl)n2)c1. The third kappa shape index (κ3) is 3.51. The maximum Gasteiger partial charge on any atom is 0.433 e. The number of halogens is 4. The molecule has 0 aliphatic heterocycles. The topological polar surface area (TPSA) is 44.2 Å². The van der Waals surface area contributed by atoms with Crippen molar-refractivity contribution >= 4 is 11.6 Å². The molecule has 0 spiro atoms. The van der Waals surface area contributed by atoms with Gasteiger partial charge in [-0.2, -0.15) is 18.2 Å². The fourth-order valence-corrected chi connectivity index (χ4v) is 1.55. The third-order valence-electron chi connectivity index (χ3n) is 2.23. The highest BCUT2D eigenvalue weighted by Crippen LogP contribution is 2.32. The number of benzene rings is 1. The number of nitrogens with zero attached hydrogens (tertiary/aromatic N) is 2. The minimum atomic E-state index is -4.63. The van der Waals surface area contributed by atoms with E-state index in [4.69, 9.17) is 21.1 Å². The molecule has 0 bridgehead atoms. The highest BCUT2D eigenvalue weighted by molar-refractivity contribution is 6.28. The lowest BCUT2D eigenvalue weighted by Gasteiger charge is -2.09. The molecule has 0 saturated heterocycles. The zero-order chi connectivity index (χ0) is 14.8. The van der Waals surface area contributed by atoms with Gasteiger partial charge in [0.2, 0.25) is 11.2 Å². The van der Waals surface area contributed by atoms with Crippen LogP contribution in [0.4, 0.5) is 13.2 Å². The van der Waals surface area contributed by atoms with Gasteiger partial charge in [-0.1, -0.05) is 6.07 Å². The van der Waals surface area contributed by atoms with Crippen LogP contribution in [0.15, 0.2) is 30.3 Å². The lowest BCUT2D eigenvalue weighted by atomic mass is 10.3. The Kier molecular flexibility index (Phi) is 3.99. The van der Waals surface area contributed by atoms with Gasteiger partial charge in [-0.25, -0.2) is 4.98 Å². The summed E-state index contributed by atoms with van der Waals surface area (Å²) in [5.74, 6) is 0.469. The van der Waals surface area contributed by atoms with E-state index in [0.29, 0.717) is 11.8 Å². The zero-order valence-electron chi connectivity index (χ0n) is 10.1. The van der Waals surface area contributed by atoms with Gasteiger partial charge in [-0.15, -0.1) is 0 Å². The molecule has 0 atom stereocenters. The summed E-state index contributed by atoms with van der Waals surface area (Å²) in [5.41, 5.74) is -1.17. The van der Waals surface area contributed by atoms with Gasteiger partial charge in [0, 0.05) is 12.1 Å². The average molecular weight is 305 g/mol. The molecule has 2 aromatic rings. The molecule has 0 unspecified atom stereocenters. The number of methoxy groups -OCH3 is 1. The van der Waals surface area contributed by atoms with Gasteiger partial charge in [-0.3, -0.25) is 0 Å². The van der Waals surface area contributed by atoms with Crippen LogP contribution in [0.3, 0.4) is 0 Å². The predicted octanol–water partition coefficient (Wildman–Crippen LogP) is 3.95. The first-order valence-corrected chi connectivity index (χ1v) is 5.70. The molecule has 0 aliphatic carbocycles. The van der Waals surface area contributed by atoms with Gasteiger partial charge in [0.05, 0.1) is 7.11 Å².